The van der Waals surface area contributed by atoms with Crippen LogP contribution in [0.25, 0.3) is 11.1 Å². The molecule has 4 rings (SSSR count). The molecule has 2 aromatic carbocycles. The molecule has 180 valence electrons. The zero-order valence-electron chi connectivity index (χ0n) is 19.0. The van der Waals surface area contributed by atoms with Gasteiger partial charge in [-0.1, -0.05) is 48.5 Å². The monoisotopic (exact) mass is 475 g/mol. The minimum Gasteiger partial charge on any atom is -0.479 e. The molecule has 0 aliphatic heterocycles. The Morgan fingerprint density at radius 1 is 1.00 bits per heavy atom. The van der Waals surface area contributed by atoms with E-state index in [-0.39, 0.29) is 18.9 Å². The number of nitrogens with zero attached hydrogens (tertiary/aromatic N) is 1. The molecule has 0 fully saturated rings. The van der Waals surface area contributed by atoms with Gasteiger partial charge in [0, 0.05) is 11.6 Å². The number of carboxylic acid groups (broad SMARTS) is 1. The van der Waals surface area contributed by atoms with Crippen LogP contribution in [0.5, 0.6) is 0 Å². The van der Waals surface area contributed by atoms with Crippen LogP contribution in [0.2, 0.25) is 0 Å². The lowest BCUT2D eigenvalue weighted by atomic mass is 9.98. The third kappa shape index (κ3) is 5.15. The molecule has 0 radical (unpaired) electrons. The predicted octanol–water partition coefficient (Wildman–Crippen LogP) is 2.94. The van der Waals surface area contributed by atoms with Crippen LogP contribution in [0.15, 0.2) is 66.9 Å². The van der Waals surface area contributed by atoms with Gasteiger partial charge in [0.25, 0.3) is 0 Å². The Labute approximate surface area is 201 Å². The molecule has 0 saturated carbocycles. The zero-order valence-corrected chi connectivity index (χ0v) is 19.0. The Bertz CT molecular complexity index is 1210. The van der Waals surface area contributed by atoms with Crippen molar-refractivity contribution in [2.75, 3.05) is 18.5 Å². The lowest BCUT2D eigenvalue weighted by Gasteiger charge is -2.23. The zero-order chi connectivity index (χ0) is 25.0. The molecule has 1 atom stereocenters. The SMILES string of the molecule is CC(CO)(NC(=O)Cc1ccc(NC(=O)OCC2c3ccccc3-c3ccccc32)cn1)C(=O)O. The van der Waals surface area contributed by atoms with Gasteiger partial charge < -0.3 is 20.3 Å². The van der Waals surface area contributed by atoms with E-state index in [1.165, 1.54) is 19.2 Å². The molecular weight excluding hydrogens is 450 g/mol. The number of hydrogen-bond donors (Lipinski definition) is 4. The van der Waals surface area contributed by atoms with E-state index in [9.17, 15) is 19.5 Å². The van der Waals surface area contributed by atoms with E-state index in [1.54, 1.807) is 6.07 Å². The highest BCUT2D eigenvalue weighted by Gasteiger charge is 2.34. The molecule has 4 N–H and O–H groups in total. The van der Waals surface area contributed by atoms with Gasteiger partial charge in [-0.25, -0.2) is 9.59 Å². The molecule has 9 nitrogen and oxygen atoms in total. The molecule has 2 amide bonds. The molecular formula is C26H25N3O6. The van der Waals surface area contributed by atoms with Gasteiger partial charge in [0.05, 0.1) is 24.9 Å². The number of aromatic nitrogens is 1. The fourth-order valence-electron chi connectivity index (χ4n) is 4.03. The van der Waals surface area contributed by atoms with Crippen LogP contribution in [0.3, 0.4) is 0 Å². The minimum absolute atomic E-state index is 0.0532. The smallest absolute Gasteiger partial charge is 0.411 e. The van der Waals surface area contributed by atoms with Crippen LogP contribution in [0.1, 0.15) is 29.7 Å². The molecule has 0 bridgehead atoms. The van der Waals surface area contributed by atoms with Crippen LogP contribution in [-0.4, -0.2) is 51.9 Å². The number of hydrogen-bond acceptors (Lipinski definition) is 6. The van der Waals surface area contributed by atoms with E-state index in [1.807, 2.05) is 36.4 Å². The summed E-state index contributed by atoms with van der Waals surface area (Å²) in [6.45, 7) is 0.644. The second kappa shape index (κ2) is 9.94. The average molecular weight is 476 g/mol. The van der Waals surface area contributed by atoms with E-state index < -0.39 is 30.1 Å². The van der Waals surface area contributed by atoms with Gasteiger partial charge in [-0.2, -0.15) is 0 Å². The highest BCUT2D eigenvalue weighted by molar-refractivity contribution is 5.88. The van der Waals surface area contributed by atoms with Gasteiger partial charge in [-0.15, -0.1) is 0 Å². The van der Waals surface area contributed by atoms with Crippen molar-refractivity contribution in [1.82, 2.24) is 10.3 Å². The molecule has 0 saturated heterocycles. The number of carbonyl (C=O) groups excluding carboxylic acids is 2. The Morgan fingerprint density at radius 2 is 1.63 bits per heavy atom. The first-order valence-corrected chi connectivity index (χ1v) is 11.0. The van der Waals surface area contributed by atoms with Gasteiger partial charge in [-0.3, -0.25) is 15.1 Å². The second-order valence-corrected chi connectivity index (χ2v) is 8.51. The highest BCUT2D eigenvalue weighted by atomic mass is 16.5. The lowest BCUT2D eigenvalue weighted by Crippen LogP contribution is -2.55. The number of amides is 2. The summed E-state index contributed by atoms with van der Waals surface area (Å²) >= 11 is 0. The first kappa shape index (κ1) is 23.9. The summed E-state index contributed by atoms with van der Waals surface area (Å²) in [5.74, 6) is -2.00. The first-order chi connectivity index (χ1) is 16.8. The van der Waals surface area contributed by atoms with Crippen LogP contribution >= 0.6 is 0 Å². The van der Waals surface area contributed by atoms with Crippen LogP contribution < -0.4 is 10.6 Å². The molecule has 0 spiro atoms. The number of ether oxygens (including phenoxy) is 1. The summed E-state index contributed by atoms with van der Waals surface area (Å²) in [6, 6.07) is 19.2. The Kier molecular flexibility index (Phi) is 6.79. The number of aliphatic hydroxyl groups is 1. The number of nitrogens with one attached hydrogen (secondary N) is 2. The molecule has 1 heterocycles. The van der Waals surface area contributed by atoms with E-state index in [2.05, 4.69) is 27.8 Å². The largest absolute Gasteiger partial charge is 0.479 e. The molecule has 9 heteroatoms. The summed E-state index contributed by atoms with van der Waals surface area (Å²) < 4.78 is 5.51. The topological polar surface area (TPSA) is 138 Å². The van der Waals surface area contributed by atoms with Crippen LogP contribution in [0, 0.1) is 0 Å². The number of anilines is 1. The van der Waals surface area contributed by atoms with Crippen molar-refractivity contribution in [3.8, 4) is 11.1 Å². The highest BCUT2D eigenvalue weighted by Crippen LogP contribution is 2.44. The van der Waals surface area contributed by atoms with Gasteiger partial charge >= 0.3 is 12.1 Å². The van der Waals surface area contributed by atoms with Crippen molar-refractivity contribution >= 4 is 23.7 Å². The number of carboxylic acids is 1. The number of aliphatic carboxylic acids is 1. The molecule has 1 aliphatic carbocycles. The number of aliphatic hydroxyl groups excluding tert-OH is 1. The van der Waals surface area contributed by atoms with Crippen molar-refractivity contribution in [2.24, 2.45) is 0 Å². The quantitative estimate of drug-likeness (QED) is 0.393. The lowest BCUT2D eigenvalue weighted by molar-refractivity contribution is -0.148. The van der Waals surface area contributed by atoms with Crippen molar-refractivity contribution in [1.29, 1.82) is 0 Å². The first-order valence-electron chi connectivity index (χ1n) is 11.0. The normalized spacial score (nSPS) is 13.8. The average Bonchev–Trinajstić information content (AvgIpc) is 3.17. The summed E-state index contributed by atoms with van der Waals surface area (Å²) in [5.41, 5.74) is 3.50. The number of carbonyl (C=O) groups is 3. The van der Waals surface area contributed by atoms with E-state index >= 15 is 0 Å². The van der Waals surface area contributed by atoms with Crippen LogP contribution in [-0.2, 0) is 20.7 Å². The fourth-order valence-corrected chi connectivity index (χ4v) is 4.03. The third-order valence-electron chi connectivity index (χ3n) is 5.96. The Morgan fingerprint density at radius 3 is 2.17 bits per heavy atom. The summed E-state index contributed by atoms with van der Waals surface area (Å²) in [6.07, 6.45) is 0.569. The van der Waals surface area contributed by atoms with Gasteiger partial charge in [-0.05, 0) is 41.3 Å². The summed E-state index contributed by atoms with van der Waals surface area (Å²) in [5, 5.41) is 23.3. The van der Waals surface area contributed by atoms with Crippen molar-refractivity contribution in [2.45, 2.75) is 24.8 Å². The number of fused-ring (bicyclic) bond motifs is 3. The predicted molar refractivity (Wildman–Crippen MR) is 128 cm³/mol. The molecule has 1 aromatic heterocycles. The van der Waals surface area contributed by atoms with Gasteiger partial charge in [0.15, 0.2) is 5.54 Å². The molecule has 1 aliphatic rings. The second-order valence-electron chi connectivity index (χ2n) is 8.51. The van der Waals surface area contributed by atoms with Gasteiger partial charge in [0.1, 0.15) is 6.61 Å². The number of rotatable bonds is 8. The van der Waals surface area contributed by atoms with Crippen LogP contribution in [0.4, 0.5) is 10.5 Å². The van der Waals surface area contributed by atoms with E-state index in [4.69, 9.17) is 9.84 Å². The minimum atomic E-state index is -1.78. The standard InChI is InChI=1S/C26H25N3O6/c1-26(15-30,24(32)33)29-23(31)12-16-10-11-17(13-27-16)28-25(34)35-14-22-20-8-4-2-6-18(20)19-7-3-5-9-21(19)22/h2-11,13,22,30H,12,14-15H2,1H3,(H,28,34)(H,29,31)(H,32,33). The van der Waals surface area contributed by atoms with Crippen molar-refractivity contribution < 1.29 is 29.3 Å². The summed E-state index contributed by atoms with van der Waals surface area (Å²) in [4.78, 5) is 39.9. The maximum atomic E-state index is 12.4. The summed E-state index contributed by atoms with van der Waals surface area (Å²) in [7, 11) is 0. The number of pyridine rings is 1. The fraction of sp³-hybridized carbons (Fsp3) is 0.231. The maximum absolute atomic E-state index is 12.4. The third-order valence-corrected chi connectivity index (χ3v) is 5.96. The molecule has 35 heavy (non-hydrogen) atoms. The maximum Gasteiger partial charge on any atom is 0.411 e. The molecule has 1 unspecified atom stereocenters. The number of benzene rings is 2. The van der Waals surface area contributed by atoms with E-state index in [0.29, 0.717) is 11.4 Å². The van der Waals surface area contributed by atoms with Crippen molar-refractivity contribution in [3.05, 3.63) is 83.7 Å². The Hall–Kier alpha value is -4.24. The van der Waals surface area contributed by atoms with E-state index in [0.717, 1.165) is 22.3 Å². The van der Waals surface area contributed by atoms with Crippen molar-refractivity contribution in [3.63, 3.8) is 0 Å². The molecule has 3 aromatic rings. The van der Waals surface area contributed by atoms with Gasteiger partial charge in [0.2, 0.25) is 5.91 Å². The Balaban J connectivity index is 1.33.